The highest BCUT2D eigenvalue weighted by molar-refractivity contribution is 5.93. The average molecular weight is 420 g/mol. The van der Waals surface area contributed by atoms with Gasteiger partial charge >= 0.3 is 0 Å². The summed E-state index contributed by atoms with van der Waals surface area (Å²) in [7, 11) is 0. The minimum absolute atomic E-state index is 0.0362. The van der Waals surface area contributed by atoms with E-state index in [4.69, 9.17) is 10.5 Å². The second-order valence-corrected chi connectivity index (χ2v) is 8.18. The molecule has 7 heteroatoms. The number of primary amides is 1. The van der Waals surface area contributed by atoms with Crippen molar-refractivity contribution in [1.82, 2.24) is 14.7 Å². The van der Waals surface area contributed by atoms with Crippen LogP contribution in [0, 0.1) is 5.82 Å². The van der Waals surface area contributed by atoms with E-state index in [0.29, 0.717) is 12.2 Å². The van der Waals surface area contributed by atoms with Crippen molar-refractivity contribution in [3.8, 4) is 0 Å². The van der Waals surface area contributed by atoms with E-state index in [1.165, 1.54) is 12.1 Å². The zero-order valence-electron chi connectivity index (χ0n) is 17.3. The van der Waals surface area contributed by atoms with E-state index in [9.17, 15) is 9.18 Å². The second-order valence-electron chi connectivity index (χ2n) is 8.18. The SMILES string of the molecule is NC(=O)c1ccc2c(c1)CCOC2CCN1CC=C(n2ncc3ccc(F)cc32)CC1. The first kappa shape index (κ1) is 19.9. The quantitative estimate of drug-likeness (QED) is 0.685. The molecule has 1 aromatic heterocycles. The van der Waals surface area contributed by atoms with Gasteiger partial charge in [-0.3, -0.25) is 9.69 Å². The highest BCUT2D eigenvalue weighted by atomic mass is 19.1. The molecule has 0 saturated heterocycles. The van der Waals surface area contributed by atoms with E-state index >= 15 is 0 Å². The fourth-order valence-electron chi connectivity index (χ4n) is 4.55. The molecule has 0 spiro atoms. The van der Waals surface area contributed by atoms with Crippen LogP contribution < -0.4 is 5.73 Å². The van der Waals surface area contributed by atoms with Crippen LogP contribution in [-0.4, -0.2) is 46.8 Å². The predicted molar refractivity (Wildman–Crippen MR) is 117 cm³/mol. The van der Waals surface area contributed by atoms with Crippen molar-refractivity contribution >= 4 is 22.5 Å². The van der Waals surface area contributed by atoms with Crippen LogP contribution in [0.5, 0.6) is 0 Å². The minimum atomic E-state index is -0.394. The number of aromatic nitrogens is 2. The van der Waals surface area contributed by atoms with Gasteiger partial charge in [0.25, 0.3) is 0 Å². The van der Waals surface area contributed by atoms with Crippen LogP contribution >= 0.6 is 0 Å². The third kappa shape index (κ3) is 3.98. The van der Waals surface area contributed by atoms with Crippen LogP contribution in [0.4, 0.5) is 4.39 Å². The molecule has 0 saturated carbocycles. The summed E-state index contributed by atoms with van der Waals surface area (Å²) in [5, 5.41) is 5.40. The fraction of sp³-hybridized carbons (Fsp3) is 0.333. The maximum Gasteiger partial charge on any atom is 0.248 e. The Balaban J connectivity index is 1.24. The summed E-state index contributed by atoms with van der Waals surface area (Å²) < 4.78 is 21.5. The summed E-state index contributed by atoms with van der Waals surface area (Å²) in [4.78, 5) is 13.8. The molecule has 0 fully saturated rings. The summed E-state index contributed by atoms with van der Waals surface area (Å²) in [6.45, 7) is 3.32. The number of benzene rings is 2. The average Bonchev–Trinajstić information content (AvgIpc) is 3.20. The monoisotopic (exact) mass is 420 g/mol. The van der Waals surface area contributed by atoms with Gasteiger partial charge in [0.2, 0.25) is 5.91 Å². The Bertz CT molecular complexity index is 1170. The van der Waals surface area contributed by atoms with Crippen LogP contribution in [0.1, 0.15) is 40.4 Å². The van der Waals surface area contributed by atoms with Crippen molar-refractivity contribution in [2.24, 2.45) is 5.73 Å². The summed E-state index contributed by atoms with van der Waals surface area (Å²) in [6, 6.07) is 10.4. The summed E-state index contributed by atoms with van der Waals surface area (Å²) in [6.07, 6.45) is 6.55. The van der Waals surface area contributed by atoms with E-state index in [1.807, 2.05) is 16.8 Å². The maximum atomic E-state index is 13.7. The van der Waals surface area contributed by atoms with Gasteiger partial charge in [0.15, 0.2) is 0 Å². The standard InChI is InChI=1S/C24H25FN4O2/c25-19-3-1-18-15-27-29(22(18)14-19)20-5-9-28(10-6-20)11-7-23-21-4-2-17(24(26)30)13-16(21)8-12-31-23/h1-5,13-15,23H,6-12H2,(H2,26,30). The van der Waals surface area contributed by atoms with E-state index in [-0.39, 0.29) is 11.9 Å². The fourth-order valence-corrected chi connectivity index (χ4v) is 4.55. The first-order chi connectivity index (χ1) is 15.1. The number of rotatable bonds is 5. The molecular formula is C24H25FN4O2. The van der Waals surface area contributed by atoms with E-state index < -0.39 is 5.91 Å². The molecule has 2 aliphatic rings. The number of halogens is 1. The number of carbonyl (C=O) groups is 1. The number of hydrogen-bond acceptors (Lipinski definition) is 4. The zero-order valence-corrected chi connectivity index (χ0v) is 17.3. The molecule has 0 aliphatic carbocycles. The Hall–Kier alpha value is -3.03. The van der Waals surface area contributed by atoms with Gasteiger partial charge in [-0.2, -0.15) is 5.10 Å². The largest absolute Gasteiger partial charge is 0.373 e. The van der Waals surface area contributed by atoms with Gasteiger partial charge in [-0.25, -0.2) is 9.07 Å². The number of ether oxygens (including phenoxy) is 1. The Morgan fingerprint density at radius 3 is 2.94 bits per heavy atom. The topological polar surface area (TPSA) is 73.4 Å². The molecule has 2 aliphatic heterocycles. The minimum Gasteiger partial charge on any atom is -0.373 e. The summed E-state index contributed by atoms with van der Waals surface area (Å²) >= 11 is 0. The van der Waals surface area contributed by atoms with Crippen LogP contribution in [0.25, 0.3) is 16.6 Å². The number of nitrogens with zero attached hydrogens (tertiary/aromatic N) is 3. The molecule has 0 radical (unpaired) electrons. The molecule has 31 heavy (non-hydrogen) atoms. The first-order valence-corrected chi connectivity index (χ1v) is 10.7. The Labute approximate surface area is 180 Å². The summed E-state index contributed by atoms with van der Waals surface area (Å²) in [5.74, 6) is -0.641. The van der Waals surface area contributed by atoms with Gasteiger partial charge in [0.05, 0.1) is 24.4 Å². The molecule has 2 aromatic carbocycles. The third-order valence-electron chi connectivity index (χ3n) is 6.25. The van der Waals surface area contributed by atoms with Gasteiger partial charge < -0.3 is 10.5 Å². The van der Waals surface area contributed by atoms with Crippen LogP contribution in [0.3, 0.4) is 0 Å². The molecule has 160 valence electrons. The molecular weight excluding hydrogens is 395 g/mol. The van der Waals surface area contributed by atoms with Crippen molar-refractivity contribution < 1.29 is 13.9 Å². The third-order valence-corrected chi connectivity index (χ3v) is 6.25. The van der Waals surface area contributed by atoms with Crippen molar-refractivity contribution in [3.63, 3.8) is 0 Å². The number of nitrogens with two attached hydrogens (primary N) is 1. The smallest absolute Gasteiger partial charge is 0.248 e. The molecule has 0 bridgehead atoms. The van der Waals surface area contributed by atoms with Crippen molar-refractivity contribution in [3.05, 3.63) is 71.2 Å². The van der Waals surface area contributed by atoms with Crippen LogP contribution in [-0.2, 0) is 11.2 Å². The van der Waals surface area contributed by atoms with Gasteiger partial charge in [-0.15, -0.1) is 0 Å². The van der Waals surface area contributed by atoms with Crippen molar-refractivity contribution in [2.45, 2.75) is 25.4 Å². The second kappa shape index (κ2) is 8.24. The lowest BCUT2D eigenvalue weighted by atomic mass is 9.93. The van der Waals surface area contributed by atoms with E-state index in [2.05, 4.69) is 16.1 Å². The number of carbonyl (C=O) groups excluding carboxylic acids is 1. The van der Waals surface area contributed by atoms with E-state index in [1.54, 1.807) is 18.3 Å². The molecule has 5 rings (SSSR count). The first-order valence-electron chi connectivity index (χ1n) is 10.7. The van der Waals surface area contributed by atoms with E-state index in [0.717, 1.165) is 66.6 Å². The molecule has 1 amide bonds. The molecule has 1 atom stereocenters. The lowest BCUT2D eigenvalue weighted by Gasteiger charge is -2.31. The van der Waals surface area contributed by atoms with Crippen molar-refractivity contribution in [1.29, 1.82) is 0 Å². The Kier molecular flexibility index (Phi) is 5.29. The van der Waals surface area contributed by atoms with Gasteiger partial charge in [0.1, 0.15) is 5.82 Å². The Morgan fingerprint density at radius 2 is 2.13 bits per heavy atom. The molecule has 6 nitrogen and oxygen atoms in total. The number of hydrogen-bond donors (Lipinski definition) is 1. The van der Waals surface area contributed by atoms with Gasteiger partial charge in [-0.1, -0.05) is 6.07 Å². The number of fused-ring (bicyclic) bond motifs is 2. The van der Waals surface area contributed by atoms with Gasteiger partial charge in [0, 0.05) is 48.8 Å². The molecule has 2 N–H and O–H groups in total. The lowest BCUT2D eigenvalue weighted by Crippen LogP contribution is -2.32. The Morgan fingerprint density at radius 1 is 1.23 bits per heavy atom. The lowest BCUT2D eigenvalue weighted by molar-refractivity contribution is 0.0299. The zero-order chi connectivity index (χ0) is 21.4. The van der Waals surface area contributed by atoms with Crippen LogP contribution in [0.15, 0.2) is 48.7 Å². The van der Waals surface area contributed by atoms with Crippen molar-refractivity contribution in [2.75, 3.05) is 26.2 Å². The maximum absolute atomic E-state index is 13.7. The molecule has 3 heterocycles. The number of amides is 1. The van der Waals surface area contributed by atoms with Crippen LogP contribution in [0.2, 0.25) is 0 Å². The molecule has 1 unspecified atom stereocenters. The predicted octanol–water partition coefficient (Wildman–Crippen LogP) is 3.53. The highest BCUT2D eigenvalue weighted by Crippen LogP contribution is 2.31. The molecule has 3 aromatic rings. The van der Waals surface area contributed by atoms with Gasteiger partial charge in [-0.05, 0) is 54.3 Å². The normalized spacial score (nSPS) is 19.3. The highest BCUT2D eigenvalue weighted by Gasteiger charge is 2.23. The summed E-state index contributed by atoms with van der Waals surface area (Å²) in [5.41, 5.74) is 10.2.